The molecule has 2 heterocycles. The van der Waals surface area contributed by atoms with Crippen LogP contribution >= 0.6 is 0 Å². The van der Waals surface area contributed by atoms with Crippen LogP contribution in [0, 0.1) is 0 Å². The molecule has 94 valence electrons. The Kier molecular flexibility index (Phi) is 5.07. The summed E-state index contributed by atoms with van der Waals surface area (Å²) in [4.78, 5) is 2.57. The van der Waals surface area contributed by atoms with E-state index in [2.05, 4.69) is 17.1 Å². The van der Waals surface area contributed by atoms with E-state index in [-0.39, 0.29) is 0 Å². The minimum Gasteiger partial charge on any atom is -0.378 e. The van der Waals surface area contributed by atoms with Gasteiger partial charge in [-0.2, -0.15) is 0 Å². The summed E-state index contributed by atoms with van der Waals surface area (Å²) in [6.07, 6.45) is 7.03. The average Bonchev–Trinajstić information content (AvgIpc) is 2.90. The van der Waals surface area contributed by atoms with E-state index in [0.29, 0.717) is 12.1 Å². The molecular formula is C13H26N2O. The zero-order chi connectivity index (χ0) is 11.2. The molecule has 16 heavy (non-hydrogen) atoms. The van der Waals surface area contributed by atoms with Gasteiger partial charge in [0.25, 0.3) is 0 Å². The molecule has 0 amide bonds. The van der Waals surface area contributed by atoms with Gasteiger partial charge in [0, 0.05) is 19.2 Å². The number of nitrogens with zero attached hydrogens (tertiary/aromatic N) is 1. The van der Waals surface area contributed by atoms with Gasteiger partial charge in [-0.05, 0) is 58.7 Å². The summed E-state index contributed by atoms with van der Waals surface area (Å²) >= 11 is 0. The van der Waals surface area contributed by atoms with Crippen LogP contribution in [0.15, 0.2) is 0 Å². The van der Waals surface area contributed by atoms with E-state index in [1.54, 1.807) is 0 Å². The molecule has 2 rings (SSSR count). The van der Waals surface area contributed by atoms with Crippen molar-refractivity contribution in [2.24, 2.45) is 0 Å². The van der Waals surface area contributed by atoms with Crippen LogP contribution in [0.1, 0.15) is 39.0 Å². The Labute approximate surface area is 99.5 Å². The molecule has 0 aromatic rings. The van der Waals surface area contributed by atoms with E-state index < -0.39 is 0 Å². The van der Waals surface area contributed by atoms with Gasteiger partial charge in [-0.25, -0.2) is 0 Å². The first-order valence-corrected chi connectivity index (χ1v) is 6.92. The monoisotopic (exact) mass is 226 g/mol. The third-order valence-corrected chi connectivity index (χ3v) is 3.71. The first-order valence-electron chi connectivity index (χ1n) is 6.92. The summed E-state index contributed by atoms with van der Waals surface area (Å²) in [5, 5.41) is 3.61. The molecule has 2 aliphatic heterocycles. The van der Waals surface area contributed by atoms with Crippen LogP contribution in [0.25, 0.3) is 0 Å². The second-order valence-corrected chi connectivity index (χ2v) is 5.29. The van der Waals surface area contributed by atoms with Crippen molar-refractivity contribution in [2.45, 2.75) is 51.2 Å². The molecule has 2 saturated heterocycles. The van der Waals surface area contributed by atoms with Gasteiger partial charge in [0.1, 0.15) is 0 Å². The molecule has 3 nitrogen and oxygen atoms in total. The first kappa shape index (κ1) is 12.3. The van der Waals surface area contributed by atoms with Crippen LogP contribution in [-0.4, -0.2) is 49.8 Å². The predicted octanol–water partition coefficient (Wildman–Crippen LogP) is 1.63. The average molecular weight is 226 g/mol. The lowest BCUT2D eigenvalue weighted by molar-refractivity contribution is 0.103. The number of hydrogen-bond donors (Lipinski definition) is 1. The summed E-state index contributed by atoms with van der Waals surface area (Å²) in [5.41, 5.74) is 0. The Morgan fingerprint density at radius 1 is 1.31 bits per heavy atom. The number of ether oxygens (including phenoxy) is 1. The Hall–Kier alpha value is -0.120. The zero-order valence-corrected chi connectivity index (χ0v) is 10.6. The van der Waals surface area contributed by atoms with Crippen molar-refractivity contribution in [3.63, 3.8) is 0 Å². The van der Waals surface area contributed by atoms with Crippen LogP contribution in [0.2, 0.25) is 0 Å². The van der Waals surface area contributed by atoms with E-state index >= 15 is 0 Å². The topological polar surface area (TPSA) is 24.5 Å². The molecule has 0 saturated carbocycles. The van der Waals surface area contributed by atoms with Gasteiger partial charge in [0.05, 0.1) is 6.10 Å². The van der Waals surface area contributed by atoms with E-state index in [9.17, 15) is 0 Å². The van der Waals surface area contributed by atoms with Crippen LogP contribution < -0.4 is 5.32 Å². The minimum atomic E-state index is 0.534. The standard InChI is InChI=1S/C13H26N2O/c1-12(11-15-8-2-3-9-15)14-7-6-13-5-4-10-16-13/h12-14H,2-11H2,1H3. The van der Waals surface area contributed by atoms with Crippen LogP contribution in [0.4, 0.5) is 0 Å². The summed E-state index contributed by atoms with van der Waals surface area (Å²) < 4.78 is 5.62. The van der Waals surface area contributed by atoms with E-state index in [4.69, 9.17) is 4.74 Å². The summed E-state index contributed by atoms with van der Waals surface area (Å²) in [5.74, 6) is 0. The van der Waals surface area contributed by atoms with E-state index in [0.717, 1.165) is 13.2 Å². The van der Waals surface area contributed by atoms with Crippen molar-refractivity contribution in [3.05, 3.63) is 0 Å². The summed E-state index contributed by atoms with van der Waals surface area (Å²) in [6, 6.07) is 0.625. The Bertz CT molecular complexity index is 186. The quantitative estimate of drug-likeness (QED) is 0.745. The SMILES string of the molecule is CC(CN1CCCC1)NCCC1CCCO1. The normalized spacial score (nSPS) is 28.7. The molecular weight excluding hydrogens is 200 g/mol. The largest absolute Gasteiger partial charge is 0.378 e. The minimum absolute atomic E-state index is 0.534. The van der Waals surface area contributed by atoms with Crippen molar-refractivity contribution < 1.29 is 4.74 Å². The molecule has 0 bridgehead atoms. The molecule has 0 aliphatic carbocycles. The fourth-order valence-corrected chi connectivity index (χ4v) is 2.78. The van der Waals surface area contributed by atoms with Crippen molar-refractivity contribution in [1.82, 2.24) is 10.2 Å². The number of nitrogens with one attached hydrogen (secondary N) is 1. The van der Waals surface area contributed by atoms with E-state index in [1.807, 2.05) is 0 Å². The van der Waals surface area contributed by atoms with Crippen molar-refractivity contribution in [3.8, 4) is 0 Å². The first-order chi connectivity index (χ1) is 7.84. The number of likely N-dealkylation sites (tertiary alicyclic amines) is 1. The molecule has 2 aliphatic rings. The van der Waals surface area contributed by atoms with Gasteiger partial charge in [0.2, 0.25) is 0 Å². The highest BCUT2D eigenvalue weighted by Crippen LogP contribution is 2.14. The third kappa shape index (κ3) is 4.04. The second kappa shape index (κ2) is 6.58. The van der Waals surface area contributed by atoms with Crippen molar-refractivity contribution in [1.29, 1.82) is 0 Å². The molecule has 0 aromatic carbocycles. The molecule has 0 spiro atoms. The van der Waals surface area contributed by atoms with E-state index in [1.165, 1.54) is 51.7 Å². The molecule has 0 radical (unpaired) electrons. The van der Waals surface area contributed by atoms with Gasteiger partial charge in [-0.1, -0.05) is 0 Å². The summed E-state index contributed by atoms with van der Waals surface area (Å²) in [7, 11) is 0. The van der Waals surface area contributed by atoms with Gasteiger partial charge < -0.3 is 15.0 Å². The lowest BCUT2D eigenvalue weighted by atomic mass is 10.2. The van der Waals surface area contributed by atoms with Crippen molar-refractivity contribution >= 4 is 0 Å². The van der Waals surface area contributed by atoms with Gasteiger partial charge in [-0.3, -0.25) is 0 Å². The fourth-order valence-electron chi connectivity index (χ4n) is 2.78. The van der Waals surface area contributed by atoms with Crippen molar-refractivity contribution in [2.75, 3.05) is 32.8 Å². The van der Waals surface area contributed by atoms with Gasteiger partial charge >= 0.3 is 0 Å². The smallest absolute Gasteiger partial charge is 0.0588 e. The highest BCUT2D eigenvalue weighted by atomic mass is 16.5. The van der Waals surface area contributed by atoms with Crippen LogP contribution in [0.3, 0.4) is 0 Å². The Balaban J connectivity index is 1.51. The maximum absolute atomic E-state index is 5.62. The lowest BCUT2D eigenvalue weighted by Gasteiger charge is -2.21. The molecule has 2 unspecified atom stereocenters. The Morgan fingerprint density at radius 3 is 2.81 bits per heavy atom. The fraction of sp³-hybridized carbons (Fsp3) is 1.00. The lowest BCUT2D eigenvalue weighted by Crippen LogP contribution is -2.39. The third-order valence-electron chi connectivity index (χ3n) is 3.71. The zero-order valence-electron chi connectivity index (χ0n) is 10.6. The maximum Gasteiger partial charge on any atom is 0.0588 e. The number of rotatable bonds is 6. The number of hydrogen-bond acceptors (Lipinski definition) is 3. The molecule has 2 atom stereocenters. The second-order valence-electron chi connectivity index (χ2n) is 5.29. The molecule has 3 heteroatoms. The highest BCUT2D eigenvalue weighted by molar-refractivity contribution is 4.73. The highest BCUT2D eigenvalue weighted by Gasteiger charge is 2.16. The van der Waals surface area contributed by atoms with Crippen LogP contribution in [0.5, 0.6) is 0 Å². The maximum atomic E-state index is 5.62. The predicted molar refractivity (Wildman–Crippen MR) is 66.7 cm³/mol. The van der Waals surface area contributed by atoms with Gasteiger partial charge in [-0.15, -0.1) is 0 Å². The molecule has 2 fully saturated rings. The summed E-state index contributed by atoms with van der Waals surface area (Å²) in [6.45, 7) is 8.21. The Morgan fingerprint density at radius 2 is 2.12 bits per heavy atom. The molecule has 0 aromatic heterocycles. The van der Waals surface area contributed by atoms with Crippen LogP contribution in [-0.2, 0) is 4.74 Å². The molecule has 1 N–H and O–H groups in total. The van der Waals surface area contributed by atoms with Gasteiger partial charge in [0.15, 0.2) is 0 Å².